The molecule has 0 aromatic heterocycles. The zero-order chi connectivity index (χ0) is 17.5. The first-order valence-electron chi connectivity index (χ1n) is 7.29. The van der Waals surface area contributed by atoms with Gasteiger partial charge in [0.15, 0.2) is 12.4 Å². The number of ether oxygens (including phenoxy) is 1. The van der Waals surface area contributed by atoms with Crippen LogP contribution in [0.5, 0.6) is 5.75 Å². The fourth-order valence-corrected chi connectivity index (χ4v) is 2.17. The lowest BCUT2D eigenvalue weighted by Gasteiger charge is -2.09. The number of nitriles is 1. The molecule has 0 bridgehead atoms. The van der Waals surface area contributed by atoms with Crippen molar-refractivity contribution in [1.29, 1.82) is 5.26 Å². The minimum absolute atomic E-state index is 0.0456. The molecule has 2 aromatic rings. The van der Waals surface area contributed by atoms with Crippen molar-refractivity contribution in [2.24, 2.45) is 0 Å². The Labute approximate surface area is 144 Å². The van der Waals surface area contributed by atoms with Gasteiger partial charge in [-0.2, -0.15) is 5.26 Å². The number of benzene rings is 2. The number of amides is 1. The summed E-state index contributed by atoms with van der Waals surface area (Å²) in [4.78, 5) is 23.5. The van der Waals surface area contributed by atoms with Crippen LogP contribution in [0.4, 0.5) is 5.69 Å². The summed E-state index contributed by atoms with van der Waals surface area (Å²) in [5, 5.41) is 12.0. The normalized spacial score (nSPS) is 9.88. The van der Waals surface area contributed by atoms with Gasteiger partial charge in [-0.1, -0.05) is 18.5 Å². The number of ketones is 1. The Morgan fingerprint density at radius 1 is 1.21 bits per heavy atom. The number of nitrogens with one attached hydrogen (secondary N) is 1. The third kappa shape index (κ3) is 4.58. The minimum Gasteiger partial charge on any atom is -0.484 e. The van der Waals surface area contributed by atoms with E-state index in [0.717, 1.165) is 0 Å². The second-order valence-corrected chi connectivity index (χ2v) is 5.38. The van der Waals surface area contributed by atoms with Crippen molar-refractivity contribution in [3.63, 3.8) is 0 Å². The van der Waals surface area contributed by atoms with Crippen molar-refractivity contribution in [2.75, 3.05) is 11.9 Å². The van der Waals surface area contributed by atoms with Crippen LogP contribution in [-0.4, -0.2) is 18.3 Å². The molecule has 2 rings (SSSR count). The monoisotopic (exact) mass is 342 g/mol. The van der Waals surface area contributed by atoms with E-state index in [1.54, 1.807) is 37.3 Å². The highest BCUT2D eigenvalue weighted by Gasteiger charge is 2.09. The van der Waals surface area contributed by atoms with E-state index in [1.165, 1.54) is 12.1 Å². The van der Waals surface area contributed by atoms with Gasteiger partial charge >= 0.3 is 0 Å². The van der Waals surface area contributed by atoms with E-state index >= 15 is 0 Å². The molecular weight excluding hydrogens is 328 g/mol. The maximum atomic E-state index is 11.9. The number of Topliss-reactive ketones (excluding diaryl/α,β-unsaturated/α-hetero) is 1. The molecule has 6 heteroatoms. The SMILES string of the molecule is CCC(=O)c1ccc(OCC(=O)Nc2cc(Cl)ccc2C#N)cc1. The molecule has 0 radical (unpaired) electrons. The molecule has 122 valence electrons. The van der Waals surface area contributed by atoms with E-state index in [1.807, 2.05) is 6.07 Å². The van der Waals surface area contributed by atoms with Crippen molar-refractivity contribution < 1.29 is 14.3 Å². The van der Waals surface area contributed by atoms with Gasteiger partial charge in [0.05, 0.1) is 11.3 Å². The summed E-state index contributed by atoms with van der Waals surface area (Å²) in [6.07, 6.45) is 0.434. The van der Waals surface area contributed by atoms with Crippen LogP contribution in [0.25, 0.3) is 0 Å². The Kier molecular flexibility index (Phi) is 5.94. The summed E-state index contributed by atoms with van der Waals surface area (Å²) < 4.78 is 5.37. The smallest absolute Gasteiger partial charge is 0.262 e. The Balaban J connectivity index is 1.95. The van der Waals surface area contributed by atoms with E-state index in [9.17, 15) is 9.59 Å². The fourth-order valence-electron chi connectivity index (χ4n) is 1.99. The van der Waals surface area contributed by atoms with Gasteiger partial charge in [0.25, 0.3) is 5.91 Å². The molecule has 24 heavy (non-hydrogen) atoms. The van der Waals surface area contributed by atoms with Crippen molar-refractivity contribution in [1.82, 2.24) is 0 Å². The first-order chi connectivity index (χ1) is 11.5. The molecule has 5 nitrogen and oxygen atoms in total. The zero-order valence-electron chi connectivity index (χ0n) is 13.0. The molecule has 0 saturated carbocycles. The molecule has 0 unspecified atom stereocenters. The first-order valence-corrected chi connectivity index (χ1v) is 7.67. The number of rotatable bonds is 6. The number of hydrogen-bond donors (Lipinski definition) is 1. The van der Waals surface area contributed by atoms with Gasteiger partial charge in [-0.25, -0.2) is 0 Å². The molecule has 0 atom stereocenters. The molecule has 1 N–H and O–H groups in total. The lowest BCUT2D eigenvalue weighted by molar-refractivity contribution is -0.118. The average molecular weight is 343 g/mol. The van der Waals surface area contributed by atoms with Gasteiger partial charge in [0.2, 0.25) is 0 Å². The van der Waals surface area contributed by atoms with Gasteiger partial charge in [0.1, 0.15) is 11.8 Å². The predicted octanol–water partition coefficient (Wildman–Crippen LogP) is 3.82. The molecule has 2 aromatic carbocycles. The number of anilines is 1. The van der Waals surface area contributed by atoms with Crippen LogP contribution in [0.2, 0.25) is 5.02 Å². The van der Waals surface area contributed by atoms with Crippen molar-refractivity contribution >= 4 is 29.0 Å². The van der Waals surface area contributed by atoms with E-state index < -0.39 is 5.91 Å². The largest absolute Gasteiger partial charge is 0.484 e. The highest BCUT2D eigenvalue weighted by Crippen LogP contribution is 2.20. The molecular formula is C18H15ClN2O3. The Morgan fingerprint density at radius 3 is 2.54 bits per heavy atom. The molecule has 0 fully saturated rings. The number of nitrogens with zero attached hydrogens (tertiary/aromatic N) is 1. The van der Waals surface area contributed by atoms with Crippen LogP contribution in [0, 0.1) is 11.3 Å². The van der Waals surface area contributed by atoms with Gasteiger partial charge in [-0.05, 0) is 42.5 Å². The molecule has 0 aliphatic rings. The molecule has 0 aliphatic heterocycles. The van der Waals surface area contributed by atoms with Gasteiger partial charge in [0, 0.05) is 17.0 Å². The standard InChI is InChI=1S/C18H15ClN2O3/c1-2-17(22)12-4-7-15(8-5-12)24-11-18(23)21-16-9-14(19)6-3-13(16)10-20/h3-9H,2,11H2,1H3,(H,21,23). The summed E-state index contributed by atoms with van der Waals surface area (Å²) >= 11 is 5.86. The summed E-state index contributed by atoms with van der Waals surface area (Å²) in [5.41, 5.74) is 1.25. The second kappa shape index (κ2) is 8.14. The van der Waals surface area contributed by atoms with Crippen LogP contribution in [0.1, 0.15) is 29.3 Å². The Hall–Kier alpha value is -2.84. The summed E-state index contributed by atoms with van der Waals surface area (Å²) in [5.74, 6) is 0.108. The van der Waals surface area contributed by atoms with Crippen LogP contribution < -0.4 is 10.1 Å². The number of carbonyl (C=O) groups excluding carboxylic acids is 2. The third-order valence-corrected chi connectivity index (χ3v) is 3.48. The minimum atomic E-state index is -0.414. The number of carbonyl (C=O) groups is 2. The van der Waals surface area contributed by atoms with E-state index in [-0.39, 0.29) is 12.4 Å². The lowest BCUT2D eigenvalue weighted by Crippen LogP contribution is -2.20. The maximum absolute atomic E-state index is 11.9. The average Bonchev–Trinajstić information content (AvgIpc) is 2.60. The van der Waals surface area contributed by atoms with Gasteiger partial charge in [-0.15, -0.1) is 0 Å². The van der Waals surface area contributed by atoms with Gasteiger partial charge in [-0.3, -0.25) is 9.59 Å². The molecule has 0 spiro atoms. The van der Waals surface area contributed by atoms with Crippen molar-refractivity contribution in [3.8, 4) is 11.8 Å². The molecule has 0 aliphatic carbocycles. The number of halogens is 1. The van der Waals surface area contributed by atoms with Gasteiger partial charge < -0.3 is 10.1 Å². The molecule has 0 saturated heterocycles. The van der Waals surface area contributed by atoms with E-state index in [0.29, 0.717) is 34.0 Å². The van der Waals surface area contributed by atoms with Crippen LogP contribution in [-0.2, 0) is 4.79 Å². The highest BCUT2D eigenvalue weighted by molar-refractivity contribution is 6.31. The summed E-state index contributed by atoms with van der Waals surface area (Å²) in [6.45, 7) is 1.57. The first kappa shape index (κ1) is 17.5. The van der Waals surface area contributed by atoms with Crippen LogP contribution in [0.15, 0.2) is 42.5 Å². The zero-order valence-corrected chi connectivity index (χ0v) is 13.8. The fraction of sp³-hybridized carbons (Fsp3) is 0.167. The lowest BCUT2D eigenvalue weighted by atomic mass is 10.1. The Morgan fingerprint density at radius 2 is 1.92 bits per heavy atom. The highest BCUT2D eigenvalue weighted by atomic mass is 35.5. The van der Waals surface area contributed by atoms with E-state index in [2.05, 4.69) is 5.32 Å². The quantitative estimate of drug-likeness (QED) is 0.809. The topological polar surface area (TPSA) is 79.2 Å². The molecule has 1 amide bonds. The summed E-state index contributed by atoms with van der Waals surface area (Å²) in [7, 11) is 0. The number of hydrogen-bond acceptors (Lipinski definition) is 4. The van der Waals surface area contributed by atoms with E-state index in [4.69, 9.17) is 21.6 Å². The second-order valence-electron chi connectivity index (χ2n) is 4.94. The molecule has 0 heterocycles. The predicted molar refractivity (Wildman–Crippen MR) is 91.4 cm³/mol. The van der Waals surface area contributed by atoms with Crippen molar-refractivity contribution in [2.45, 2.75) is 13.3 Å². The Bertz CT molecular complexity index is 795. The van der Waals surface area contributed by atoms with Crippen LogP contribution >= 0.6 is 11.6 Å². The summed E-state index contributed by atoms with van der Waals surface area (Å²) in [6, 6.07) is 13.2. The maximum Gasteiger partial charge on any atom is 0.262 e. The van der Waals surface area contributed by atoms with Crippen LogP contribution in [0.3, 0.4) is 0 Å². The van der Waals surface area contributed by atoms with Crippen molar-refractivity contribution in [3.05, 3.63) is 58.6 Å². The third-order valence-electron chi connectivity index (χ3n) is 3.24.